The minimum atomic E-state index is -4.55. The predicted molar refractivity (Wildman–Crippen MR) is 52.5 cm³/mol. The molecule has 0 aliphatic rings. The zero-order valence-electron chi connectivity index (χ0n) is 6.00. The lowest BCUT2D eigenvalue weighted by Crippen LogP contribution is -1.96. The van der Waals surface area contributed by atoms with E-state index in [1.54, 1.807) is 12.1 Å². The van der Waals surface area contributed by atoms with E-state index in [1.165, 1.54) is 12.1 Å². The molecule has 0 fully saturated rings. The van der Waals surface area contributed by atoms with Crippen LogP contribution in [-0.2, 0) is 14.7 Å². The van der Waals surface area contributed by atoms with E-state index in [9.17, 15) is 12.3 Å². The van der Waals surface area contributed by atoms with Crippen LogP contribution in [0.1, 0.15) is 5.56 Å². The number of benzene rings is 1. The van der Waals surface area contributed by atoms with Gasteiger partial charge in [-0.05, 0) is 11.6 Å². The van der Waals surface area contributed by atoms with Crippen molar-refractivity contribution in [1.82, 2.24) is 0 Å². The molecule has 0 saturated carbocycles. The highest BCUT2D eigenvalue weighted by Crippen LogP contribution is 2.19. The van der Waals surface area contributed by atoms with Crippen molar-refractivity contribution >= 4 is 32.8 Å². The fraction of sp³-hybridized carbons (Fsp3) is 0.143. The van der Waals surface area contributed by atoms with E-state index in [1.807, 2.05) is 22.6 Å². The van der Waals surface area contributed by atoms with Gasteiger partial charge in [0.05, 0.1) is 0 Å². The zero-order valence-corrected chi connectivity index (χ0v) is 8.97. The molecule has 0 aliphatic heterocycles. The number of alkyl halides is 1. The fourth-order valence-electron chi connectivity index (χ4n) is 0.852. The molecule has 0 N–H and O–H groups in total. The first kappa shape index (κ1) is 9.91. The maximum absolute atomic E-state index is 12.5. The van der Waals surface area contributed by atoms with E-state index < -0.39 is 10.2 Å². The average molecular weight is 300 g/mol. The summed E-state index contributed by atoms with van der Waals surface area (Å²) in [5.74, 6) is 0. The first-order valence-corrected chi connectivity index (χ1v) is 6.05. The molecule has 5 heteroatoms. The van der Waals surface area contributed by atoms with Crippen molar-refractivity contribution in [3.63, 3.8) is 0 Å². The van der Waals surface area contributed by atoms with Crippen LogP contribution in [0.4, 0.5) is 3.89 Å². The molecule has 1 aromatic rings. The molecule has 0 aliphatic carbocycles. The quantitative estimate of drug-likeness (QED) is 0.477. The Morgan fingerprint density at radius 1 is 1.33 bits per heavy atom. The summed E-state index contributed by atoms with van der Waals surface area (Å²) in [5, 5.41) is 0. The van der Waals surface area contributed by atoms with Gasteiger partial charge in [-0.3, -0.25) is 0 Å². The van der Waals surface area contributed by atoms with Crippen molar-refractivity contribution in [3.8, 4) is 0 Å². The second-order valence-corrected chi connectivity index (χ2v) is 4.26. The highest BCUT2D eigenvalue weighted by Gasteiger charge is 2.14. The van der Waals surface area contributed by atoms with E-state index in [4.69, 9.17) is 0 Å². The summed E-state index contributed by atoms with van der Waals surface area (Å²) >= 11 is 1.99. The summed E-state index contributed by atoms with van der Waals surface area (Å²) in [6.07, 6.45) is 0. The van der Waals surface area contributed by atoms with Gasteiger partial charge in [-0.15, -0.1) is 3.89 Å². The highest BCUT2D eigenvalue weighted by atomic mass is 127. The number of hydrogen-bond acceptors (Lipinski definition) is 2. The summed E-state index contributed by atoms with van der Waals surface area (Å²) in [4.78, 5) is -0.223. The van der Waals surface area contributed by atoms with Gasteiger partial charge in [-0.2, -0.15) is 8.42 Å². The second kappa shape index (κ2) is 3.69. The van der Waals surface area contributed by atoms with Crippen molar-refractivity contribution < 1.29 is 12.3 Å². The van der Waals surface area contributed by atoms with Crippen LogP contribution in [0.15, 0.2) is 29.2 Å². The molecule has 0 heterocycles. The van der Waals surface area contributed by atoms with Crippen LogP contribution in [0.5, 0.6) is 0 Å². The Balaban J connectivity index is 3.33. The smallest absolute Gasteiger partial charge is 0.189 e. The van der Waals surface area contributed by atoms with Gasteiger partial charge in [0.25, 0.3) is 0 Å². The van der Waals surface area contributed by atoms with E-state index in [-0.39, 0.29) is 4.90 Å². The maximum atomic E-state index is 12.5. The Morgan fingerprint density at radius 3 is 2.33 bits per heavy atom. The molecule has 0 saturated heterocycles. The molecule has 12 heavy (non-hydrogen) atoms. The van der Waals surface area contributed by atoms with Gasteiger partial charge in [-0.25, -0.2) is 0 Å². The third-order valence-corrected chi connectivity index (χ3v) is 3.12. The van der Waals surface area contributed by atoms with Crippen LogP contribution in [0, 0.1) is 0 Å². The topological polar surface area (TPSA) is 34.1 Å². The van der Waals surface area contributed by atoms with Crippen molar-refractivity contribution in [1.29, 1.82) is 0 Å². The predicted octanol–water partition coefficient (Wildman–Crippen LogP) is 2.28. The van der Waals surface area contributed by atoms with Gasteiger partial charge in [0, 0.05) is 4.43 Å². The molecule has 66 valence electrons. The van der Waals surface area contributed by atoms with E-state index in [2.05, 4.69) is 0 Å². The first-order chi connectivity index (χ1) is 5.55. The normalized spacial score (nSPS) is 11.5. The monoisotopic (exact) mass is 300 g/mol. The van der Waals surface area contributed by atoms with Crippen LogP contribution in [0.25, 0.3) is 0 Å². The Kier molecular flexibility index (Phi) is 3.05. The SMILES string of the molecule is O=S(=O)(F)c1ccccc1CI. The number of hydrogen-bond donors (Lipinski definition) is 0. The summed E-state index contributed by atoms with van der Waals surface area (Å²) in [5.41, 5.74) is 0.501. The molecule has 0 radical (unpaired) electrons. The molecule has 0 spiro atoms. The molecule has 0 bridgehead atoms. The number of halogens is 2. The van der Waals surface area contributed by atoms with Crippen molar-refractivity contribution in [2.24, 2.45) is 0 Å². The summed E-state index contributed by atoms with van der Waals surface area (Å²) < 4.78 is 34.1. The van der Waals surface area contributed by atoms with Crippen LogP contribution >= 0.6 is 22.6 Å². The van der Waals surface area contributed by atoms with Crippen molar-refractivity contribution in [3.05, 3.63) is 29.8 Å². The summed E-state index contributed by atoms with van der Waals surface area (Å²) in [6.45, 7) is 0. The largest absolute Gasteiger partial charge is 0.332 e. The molecular weight excluding hydrogens is 294 g/mol. The van der Waals surface area contributed by atoms with Gasteiger partial charge >= 0.3 is 10.2 Å². The van der Waals surface area contributed by atoms with Gasteiger partial charge in [0.2, 0.25) is 0 Å². The van der Waals surface area contributed by atoms with Gasteiger partial charge in [-0.1, -0.05) is 40.8 Å². The minimum Gasteiger partial charge on any atom is -0.189 e. The molecule has 0 aromatic heterocycles. The molecule has 1 aromatic carbocycles. The summed E-state index contributed by atoms with van der Waals surface area (Å²) in [7, 11) is -4.55. The Bertz CT molecular complexity index is 375. The first-order valence-electron chi connectivity index (χ1n) is 3.14. The molecular formula is C7H6FIO2S. The Labute approximate surface area is 84.1 Å². The van der Waals surface area contributed by atoms with E-state index in [0.29, 0.717) is 9.99 Å². The van der Waals surface area contributed by atoms with E-state index >= 15 is 0 Å². The van der Waals surface area contributed by atoms with Crippen LogP contribution in [0.2, 0.25) is 0 Å². The van der Waals surface area contributed by atoms with Gasteiger partial charge in [0.15, 0.2) is 0 Å². The maximum Gasteiger partial charge on any atom is 0.332 e. The van der Waals surface area contributed by atoms with Crippen LogP contribution in [-0.4, -0.2) is 8.42 Å². The van der Waals surface area contributed by atoms with Crippen molar-refractivity contribution in [2.45, 2.75) is 9.32 Å². The summed E-state index contributed by atoms with van der Waals surface area (Å²) in [6, 6.07) is 6.05. The molecule has 0 amide bonds. The average Bonchev–Trinajstić information content (AvgIpc) is 2.03. The van der Waals surface area contributed by atoms with Gasteiger partial charge in [0.1, 0.15) is 4.90 Å². The fourth-order valence-corrected chi connectivity index (χ4v) is 2.47. The van der Waals surface area contributed by atoms with E-state index in [0.717, 1.165) is 0 Å². The molecule has 2 nitrogen and oxygen atoms in total. The lowest BCUT2D eigenvalue weighted by atomic mass is 10.2. The second-order valence-electron chi connectivity index (χ2n) is 2.18. The zero-order chi connectivity index (χ0) is 9.19. The minimum absolute atomic E-state index is 0.223. The van der Waals surface area contributed by atoms with Crippen LogP contribution < -0.4 is 0 Å². The van der Waals surface area contributed by atoms with Gasteiger partial charge < -0.3 is 0 Å². The standard InChI is InChI=1S/C7H6FIO2S/c8-12(10,11)7-4-2-1-3-6(7)5-9/h1-4H,5H2. The molecule has 1 rings (SSSR count). The van der Waals surface area contributed by atoms with Crippen LogP contribution in [0.3, 0.4) is 0 Å². The third-order valence-electron chi connectivity index (χ3n) is 1.38. The molecule has 0 unspecified atom stereocenters. The third kappa shape index (κ3) is 2.16. The lowest BCUT2D eigenvalue weighted by molar-refractivity contribution is 0.551. The molecule has 0 atom stereocenters. The number of rotatable bonds is 2. The highest BCUT2D eigenvalue weighted by molar-refractivity contribution is 14.1. The Hall–Kier alpha value is -0.170. The van der Waals surface area contributed by atoms with Crippen molar-refractivity contribution in [2.75, 3.05) is 0 Å². The lowest BCUT2D eigenvalue weighted by Gasteiger charge is -2.00. The Morgan fingerprint density at radius 2 is 1.92 bits per heavy atom.